The minimum atomic E-state index is -0.572. The van der Waals surface area contributed by atoms with Crippen LogP contribution in [0.1, 0.15) is 23.8 Å². The van der Waals surface area contributed by atoms with Gasteiger partial charge in [-0.15, -0.1) is 0 Å². The van der Waals surface area contributed by atoms with E-state index in [2.05, 4.69) is 16.0 Å². The number of para-hydroxylation sites is 1. The van der Waals surface area contributed by atoms with Crippen molar-refractivity contribution in [1.29, 1.82) is 0 Å². The van der Waals surface area contributed by atoms with Gasteiger partial charge in [0.05, 0.1) is 11.1 Å². The number of nitrogens with one attached hydrogen (secondary N) is 2. The summed E-state index contributed by atoms with van der Waals surface area (Å²) in [5.74, 6) is -0.511. The molecular weight excluding hydrogens is 344 g/mol. The van der Waals surface area contributed by atoms with E-state index in [1.54, 1.807) is 48.5 Å². The zero-order valence-electron chi connectivity index (χ0n) is 14.7. The van der Waals surface area contributed by atoms with Crippen LogP contribution in [0.4, 0.5) is 0 Å². The monoisotopic (exact) mass is 362 g/mol. The molecular formula is C20H18N4O3. The first-order chi connectivity index (χ1) is 13.1. The van der Waals surface area contributed by atoms with Crippen molar-refractivity contribution in [3.8, 4) is 5.69 Å². The van der Waals surface area contributed by atoms with Crippen molar-refractivity contribution in [2.45, 2.75) is 13.3 Å². The molecule has 1 aromatic heterocycles. The average Bonchev–Trinajstić information content (AvgIpc) is 3.44. The fourth-order valence-corrected chi connectivity index (χ4v) is 3.06. The maximum atomic E-state index is 12.8. The quantitative estimate of drug-likeness (QED) is 0.695. The third-order valence-electron chi connectivity index (χ3n) is 4.77. The number of rotatable bonds is 3. The van der Waals surface area contributed by atoms with Crippen LogP contribution in [0.2, 0.25) is 0 Å². The Morgan fingerprint density at radius 3 is 2.30 bits per heavy atom. The molecule has 1 aliphatic rings. The summed E-state index contributed by atoms with van der Waals surface area (Å²) in [4.78, 5) is 37.4. The first kappa shape index (κ1) is 17.0. The van der Waals surface area contributed by atoms with Crippen molar-refractivity contribution in [3.63, 3.8) is 0 Å². The van der Waals surface area contributed by atoms with E-state index in [0.717, 1.165) is 6.42 Å². The number of carbonyl (C=O) groups excluding carboxylic acids is 2. The fourth-order valence-electron chi connectivity index (χ4n) is 3.06. The van der Waals surface area contributed by atoms with Gasteiger partial charge in [-0.05, 0) is 30.5 Å². The second-order valence-corrected chi connectivity index (χ2v) is 6.71. The summed E-state index contributed by atoms with van der Waals surface area (Å²) in [5, 5.41) is 5.07. The molecule has 0 saturated heterocycles. The van der Waals surface area contributed by atoms with E-state index in [-0.39, 0.29) is 23.1 Å². The first-order valence-electron chi connectivity index (χ1n) is 8.74. The number of amides is 2. The molecule has 0 unspecified atom stereocenters. The van der Waals surface area contributed by atoms with Gasteiger partial charge in [0, 0.05) is 11.3 Å². The highest BCUT2D eigenvalue weighted by Crippen LogP contribution is 2.37. The summed E-state index contributed by atoms with van der Waals surface area (Å²) >= 11 is 0. The van der Waals surface area contributed by atoms with Crippen molar-refractivity contribution >= 4 is 22.6 Å². The maximum Gasteiger partial charge on any atom is 0.290 e. The largest absolute Gasteiger partial charge is 0.290 e. The molecule has 7 nitrogen and oxygen atoms in total. The van der Waals surface area contributed by atoms with E-state index in [9.17, 15) is 14.4 Å². The molecule has 1 fully saturated rings. The Morgan fingerprint density at radius 2 is 1.63 bits per heavy atom. The summed E-state index contributed by atoms with van der Waals surface area (Å²) in [7, 11) is 0. The Morgan fingerprint density at radius 1 is 1.00 bits per heavy atom. The van der Waals surface area contributed by atoms with Gasteiger partial charge in [-0.25, -0.2) is 0 Å². The molecule has 2 aromatic carbocycles. The lowest BCUT2D eigenvalue weighted by Crippen LogP contribution is -2.43. The minimum Gasteiger partial charge on any atom is -0.273 e. The summed E-state index contributed by atoms with van der Waals surface area (Å²) in [6.45, 7) is 1.98. The lowest BCUT2D eigenvalue weighted by Gasteiger charge is -2.12. The Balaban J connectivity index is 1.73. The van der Waals surface area contributed by atoms with Crippen molar-refractivity contribution in [1.82, 2.24) is 20.6 Å². The van der Waals surface area contributed by atoms with Crippen LogP contribution in [0.5, 0.6) is 0 Å². The molecule has 3 aromatic rings. The molecule has 1 heterocycles. The molecule has 2 amide bonds. The highest BCUT2D eigenvalue weighted by atomic mass is 16.2. The number of nitrogens with zero attached hydrogens (tertiary/aromatic N) is 2. The summed E-state index contributed by atoms with van der Waals surface area (Å²) in [6, 6.07) is 15.7. The SMILES string of the molecule is C[C@@H]1C[C@H]1C(=O)NNC(=O)c1nn(-c2ccccc2)c(=O)c2ccccc12. The molecule has 0 aliphatic heterocycles. The van der Waals surface area contributed by atoms with Gasteiger partial charge in [0.1, 0.15) is 0 Å². The van der Waals surface area contributed by atoms with Gasteiger partial charge >= 0.3 is 0 Å². The molecule has 136 valence electrons. The van der Waals surface area contributed by atoms with E-state index < -0.39 is 5.91 Å². The Bertz CT molecular complexity index is 1090. The average molecular weight is 362 g/mol. The topological polar surface area (TPSA) is 93.1 Å². The molecule has 2 N–H and O–H groups in total. The van der Waals surface area contributed by atoms with Crippen LogP contribution < -0.4 is 16.4 Å². The van der Waals surface area contributed by atoms with Crippen LogP contribution in [-0.4, -0.2) is 21.6 Å². The maximum absolute atomic E-state index is 12.8. The zero-order valence-corrected chi connectivity index (χ0v) is 14.7. The zero-order chi connectivity index (χ0) is 19.0. The van der Waals surface area contributed by atoms with Gasteiger partial charge in [0.15, 0.2) is 5.69 Å². The Labute approximate surface area is 155 Å². The number of hydrogen-bond donors (Lipinski definition) is 2. The third-order valence-corrected chi connectivity index (χ3v) is 4.77. The van der Waals surface area contributed by atoms with E-state index in [1.165, 1.54) is 4.68 Å². The van der Waals surface area contributed by atoms with Gasteiger partial charge < -0.3 is 0 Å². The molecule has 0 radical (unpaired) electrons. The molecule has 1 aliphatic carbocycles. The molecule has 7 heteroatoms. The lowest BCUT2D eigenvalue weighted by atomic mass is 10.1. The molecule has 4 rings (SSSR count). The summed E-state index contributed by atoms with van der Waals surface area (Å²) < 4.78 is 1.20. The number of hydrazine groups is 1. The third kappa shape index (κ3) is 3.19. The van der Waals surface area contributed by atoms with Crippen molar-refractivity contribution in [2.24, 2.45) is 11.8 Å². The van der Waals surface area contributed by atoms with Gasteiger partial charge in [0.2, 0.25) is 5.91 Å². The van der Waals surface area contributed by atoms with Crippen LogP contribution in [0.15, 0.2) is 59.4 Å². The Kier molecular flexibility index (Phi) is 4.19. The van der Waals surface area contributed by atoms with Crippen LogP contribution in [0, 0.1) is 11.8 Å². The van der Waals surface area contributed by atoms with Crippen molar-refractivity contribution in [2.75, 3.05) is 0 Å². The Hall–Kier alpha value is -3.48. The molecule has 27 heavy (non-hydrogen) atoms. The molecule has 2 atom stereocenters. The van der Waals surface area contributed by atoms with E-state index >= 15 is 0 Å². The van der Waals surface area contributed by atoms with Crippen molar-refractivity contribution < 1.29 is 9.59 Å². The predicted molar refractivity (Wildman–Crippen MR) is 100 cm³/mol. The second-order valence-electron chi connectivity index (χ2n) is 6.71. The van der Waals surface area contributed by atoms with Gasteiger partial charge in [-0.2, -0.15) is 9.78 Å². The number of hydrogen-bond acceptors (Lipinski definition) is 4. The predicted octanol–water partition coefficient (Wildman–Crippen LogP) is 1.80. The number of fused-ring (bicyclic) bond motifs is 1. The van der Waals surface area contributed by atoms with Crippen LogP contribution >= 0.6 is 0 Å². The number of benzene rings is 2. The molecule has 0 bridgehead atoms. The highest BCUT2D eigenvalue weighted by molar-refractivity contribution is 6.05. The smallest absolute Gasteiger partial charge is 0.273 e. The van der Waals surface area contributed by atoms with E-state index in [0.29, 0.717) is 22.4 Å². The van der Waals surface area contributed by atoms with Gasteiger partial charge in [-0.3, -0.25) is 25.2 Å². The van der Waals surface area contributed by atoms with Crippen LogP contribution in [-0.2, 0) is 4.79 Å². The van der Waals surface area contributed by atoms with Crippen LogP contribution in [0.25, 0.3) is 16.5 Å². The van der Waals surface area contributed by atoms with Gasteiger partial charge in [-0.1, -0.05) is 43.3 Å². The van der Waals surface area contributed by atoms with E-state index in [1.807, 2.05) is 13.0 Å². The minimum absolute atomic E-state index is 0.0618. The summed E-state index contributed by atoms with van der Waals surface area (Å²) in [6.07, 6.45) is 0.821. The highest BCUT2D eigenvalue weighted by Gasteiger charge is 2.39. The normalized spacial score (nSPS) is 18.1. The lowest BCUT2D eigenvalue weighted by molar-refractivity contribution is -0.123. The number of aromatic nitrogens is 2. The standard InChI is InChI=1S/C20H18N4O3/c1-12-11-16(12)18(25)21-22-19(26)17-14-9-5-6-10-15(14)20(27)24(23-17)13-7-3-2-4-8-13/h2-10,12,16H,11H2,1H3,(H,21,25)(H,22,26)/t12-,16-/m1/s1. The number of carbonyl (C=O) groups is 2. The molecule has 0 spiro atoms. The molecule has 1 saturated carbocycles. The fraction of sp³-hybridized carbons (Fsp3) is 0.200. The van der Waals surface area contributed by atoms with Gasteiger partial charge in [0.25, 0.3) is 11.5 Å². The first-order valence-corrected chi connectivity index (χ1v) is 8.74. The second kappa shape index (κ2) is 6.68. The summed E-state index contributed by atoms with van der Waals surface area (Å²) in [5.41, 5.74) is 5.17. The van der Waals surface area contributed by atoms with Crippen molar-refractivity contribution in [3.05, 3.63) is 70.6 Å². The van der Waals surface area contributed by atoms with Crippen LogP contribution in [0.3, 0.4) is 0 Å². The van der Waals surface area contributed by atoms with E-state index in [4.69, 9.17) is 0 Å².